The van der Waals surface area contributed by atoms with Crippen LogP contribution in [0.25, 0.3) is 0 Å². The van der Waals surface area contributed by atoms with Crippen LogP contribution in [0.1, 0.15) is 19.3 Å². The molecule has 0 aromatic carbocycles. The second-order valence-electron chi connectivity index (χ2n) is 3.78. The third-order valence-corrected chi connectivity index (χ3v) is 2.15. The number of aliphatic hydroxyl groups excluding tert-OH is 1. The van der Waals surface area contributed by atoms with E-state index in [1.807, 2.05) is 0 Å². The minimum absolute atomic E-state index is 0.0183. The van der Waals surface area contributed by atoms with E-state index in [0.717, 1.165) is 12.8 Å². The lowest BCUT2D eigenvalue weighted by Gasteiger charge is -2.16. The molecule has 2 N–H and O–H groups in total. The molecule has 3 nitrogen and oxygen atoms in total. The van der Waals surface area contributed by atoms with Crippen LogP contribution in [0.2, 0.25) is 0 Å². The number of rotatable bonds is 7. The molecule has 1 aliphatic carbocycles. The summed E-state index contributed by atoms with van der Waals surface area (Å²) in [4.78, 5) is 0. The van der Waals surface area contributed by atoms with Gasteiger partial charge < -0.3 is 15.2 Å². The van der Waals surface area contributed by atoms with Gasteiger partial charge in [0, 0.05) is 18.7 Å². The fourth-order valence-corrected chi connectivity index (χ4v) is 1.22. The summed E-state index contributed by atoms with van der Waals surface area (Å²) in [5.74, 6) is 0. The molecule has 0 aromatic rings. The standard InChI is InChI=1S/C9H16F3NO2/c10-9(11,12)6-15-4-3-8(5-14)13-7-1-2-7/h7-8,13-14H,1-6H2. The average Bonchev–Trinajstić information content (AvgIpc) is 2.92. The van der Waals surface area contributed by atoms with Crippen molar-refractivity contribution in [2.75, 3.05) is 19.8 Å². The van der Waals surface area contributed by atoms with E-state index in [0.29, 0.717) is 12.5 Å². The first-order chi connectivity index (χ1) is 7.01. The van der Waals surface area contributed by atoms with Gasteiger partial charge in [-0.3, -0.25) is 0 Å². The molecule has 1 atom stereocenters. The van der Waals surface area contributed by atoms with Crippen molar-refractivity contribution in [2.45, 2.75) is 37.5 Å². The van der Waals surface area contributed by atoms with E-state index in [-0.39, 0.29) is 19.3 Å². The second kappa shape index (κ2) is 5.67. The van der Waals surface area contributed by atoms with Crippen LogP contribution >= 0.6 is 0 Å². The fourth-order valence-electron chi connectivity index (χ4n) is 1.22. The Morgan fingerprint density at radius 3 is 2.53 bits per heavy atom. The molecule has 0 bridgehead atoms. The van der Waals surface area contributed by atoms with Gasteiger partial charge in [-0.15, -0.1) is 0 Å². The Balaban J connectivity index is 2.01. The first-order valence-corrected chi connectivity index (χ1v) is 5.02. The van der Waals surface area contributed by atoms with Gasteiger partial charge in [0.05, 0.1) is 6.61 Å². The third kappa shape index (κ3) is 6.70. The van der Waals surface area contributed by atoms with Crippen molar-refractivity contribution in [3.05, 3.63) is 0 Å². The maximum atomic E-state index is 11.7. The van der Waals surface area contributed by atoms with Gasteiger partial charge in [-0.05, 0) is 19.3 Å². The van der Waals surface area contributed by atoms with Gasteiger partial charge in [0.2, 0.25) is 0 Å². The molecule has 0 radical (unpaired) electrons. The van der Waals surface area contributed by atoms with Gasteiger partial charge in [0.1, 0.15) is 6.61 Å². The topological polar surface area (TPSA) is 41.5 Å². The Morgan fingerprint density at radius 2 is 2.07 bits per heavy atom. The van der Waals surface area contributed by atoms with Crippen LogP contribution in [0, 0.1) is 0 Å². The molecular formula is C9H16F3NO2. The highest BCUT2D eigenvalue weighted by Crippen LogP contribution is 2.20. The van der Waals surface area contributed by atoms with Crippen LogP contribution in [0.3, 0.4) is 0 Å². The van der Waals surface area contributed by atoms with Crippen molar-refractivity contribution in [3.63, 3.8) is 0 Å². The van der Waals surface area contributed by atoms with Gasteiger partial charge in [-0.25, -0.2) is 0 Å². The average molecular weight is 227 g/mol. The van der Waals surface area contributed by atoms with Gasteiger partial charge in [-0.2, -0.15) is 13.2 Å². The van der Waals surface area contributed by atoms with Crippen LogP contribution in [-0.4, -0.2) is 43.2 Å². The van der Waals surface area contributed by atoms with E-state index in [2.05, 4.69) is 10.1 Å². The number of nitrogens with one attached hydrogen (secondary N) is 1. The van der Waals surface area contributed by atoms with Crippen molar-refractivity contribution in [2.24, 2.45) is 0 Å². The van der Waals surface area contributed by atoms with E-state index >= 15 is 0 Å². The van der Waals surface area contributed by atoms with E-state index in [1.165, 1.54) is 0 Å². The summed E-state index contributed by atoms with van der Waals surface area (Å²) < 4.78 is 39.5. The zero-order valence-electron chi connectivity index (χ0n) is 8.39. The molecule has 0 spiro atoms. The lowest BCUT2D eigenvalue weighted by Crippen LogP contribution is -2.35. The van der Waals surface area contributed by atoms with E-state index in [1.54, 1.807) is 0 Å². The monoisotopic (exact) mass is 227 g/mol. The number of alkyl halides is 3. The smallest absolute Gasteiger partial charge is 0.395 e. The predicted octanol–water partition coefficient (Wildman–Crippen LogP) is 1.07. The minimum Gasteiger partial charge on any atom is -0.395 e. The number of hydrogen-bond acceptors (Lipinski definition) is 3. The summed E-state index contributed by atoms with van der Waals surface area (Å²) in [6.07, 6.45) is -1.69. The molecule has 1 saturated carbocycles. The molecule has 0 aliphatic heterocycles. The molecule has 6 heteroatoms. The molecule has 15 heavy (non-hydrogen) atoms. The molecule has 1 fully saturated rings. The summed E-state index contributed by atoms with van der Waals surface area (Å²) in [6.45, 7) is -1.26. The van der Waals surface area contributed by atoms with Crippen LogP contribution < -0.4 is 5.32 Å². The zero-order valence-corrected chi connectivity index (χ0v) is 8.39. The quantitative estimate of drug-likeness (QED) is 0.639. The summed E-state index contributed by atoms with van der Waals surface area (Å²) >= 11 is 0. The van der Waals surface area contributed by atoms with Crippen LogP contribution in [0.5, 0.6) is 0 Å². The number of halogens is 3. The molecule has 0 amide bonds. The third-order valence-electron chi connectivity index (χ3n) is 2.15. The van der Waals surface area contributed by atoms with Crippen molar-refractivity contribution in [3.8, 4) is 0 Å². The Morgan fingerprint density at radius 1 is 1.40 bits per heavy atom. The highest BCUT2D eigenvalue weighted by atomic mass is 19.4. The molecule has 0 aromatic heterocycles. The van der Waals surface area contributed by atoms with Crippen molar-refractivity contribution in [1.29, 1.82) is 0 Å². The van der Waals surface area contributed by atoms with Crippen LogP contribution in [-0.2, 0) is 4.74 Å². The molecular weight excluding hydrogens is 211 g/mol. The SMILES string of the molecule is OCC(CCOCC(F)(F)F)NC1CC1. The normalized spacial score (nSPS) is 19.2. The molecule has 1 aliphatic rings. The van der Waals surface area contributed by atoms with Crippen molar-refractivity contribution < 1.29 is 23.0 Å². The summed E-state index contributed by atoms with van der Waals surface area (Å²) in [5.41, 5.74) is 0. The minimum atomic E-state index is -4.27. The Kier molecular flexibility index (Phi) is 4.82. The predicted molar refractivity (Wildman–Crippen MR) is 48.5 cm³/mol. The fraction of sp³-hybridized carbons (Fsp3) is 1.00. The molecule has 0 heterocycles. The Hall–Kier alpha value is -0.330. The van der Waals surface area contributed by atoms with Crippen molar-refractivity contribution >= 4 is 0 Å². The van der Waals surface area contributed by atoms with Gasteiger partial charge in [0.25, 0.3) is 0 Å². The highest BCUT2D eigenvalue weighted by molar-refractivity contribution is 4.84. The molecule has 1 rings (SSSR count). The van der Waals surface area contributed by atoms with Gasteiger partial charge in [0.15, 0.2) is 0 Å². The molecule has 90 valence electrons. The summed E-state index contributed by atoms with van der Waals surface area (Å²) in [5, 5.41) is 12.0. The summed E-state index contributed by atoms with van der Waals surface area (Å²) in [7, 11) is 0. The Bertz CT molecular complexity index is 183. The maximum absolute atomic E-state index is 11.7. The number of aliphatic hydroxyl groups is 1. The maximum Gasteiger partial charge on any atom is 0.411 e. The second-order valence-corrected chi connectivity index (χ2v) is 3.78. The zero-order chi connectivity index (χ0) is 11.3. The first-order valence-electron chi connectivity index (χ1n) is 5.02. The van der Waals surface area contributed by atoms with Gasteiger partial charge >= 0.3 is 6.18 Å². The van der Waals surface area contributed by atoms with Crippen molar-refractivity contribution in [1.82, 2.24) is 5.32 Å². The number of hydrogen-bond donors (Lipinski definition) is 2. The van der Waals surface area contributed by atoms with Crippen LogP contribution in [0.4, 0.5) is 13.2 Å². The number of ether oxygens (including phenoxy) is 1. The van der Waals surface area contributed by atoms with E-state index in [4.69, 9.17) is 5.11 Å². The largest absolute Gasteiger partial charge is 0.411 e. The van der Waals surface area contributed by atoms with Gasteiger partial charge in [-0.1, -0.05) is 0 Å². The lowest BCUT2D eigenvalue weighted by atomic mass is 10.2. The van der Waals surface area contributed by atoms with Crippen LogP contribution in [0.15, 0.2) is 0 Å². The first kappa shape index (κ1) is 12.7. The van der Waals surface area contributed by atoms with E-state index < -0.39 is 12.8 Å². The molecule has 0 saturated heterocycles. The lowest BCUT2D eigenvalue weighted by molar-refractivity contribution is -0.174. The molecule has 1 unspecified atom stereocenters. The summed E-state index contributed by atoms with van der Waals surface area (Å²) in [6, 6.07) is 0.287. The van der Waals surface area contributed by atoms with E-state index in [9.17, 15) is 13.2 Å². The Labute approximate surface area is 86.6 Å². The highest BCUT2D eigenvalue weighted by Gasteiger charge is 2.28.